The van der Waals surface area contributed by atoms with Crippen molar-refractivity contribution < 1.29 is 29.0 Å². The van der Waals surface area contributed by atoms with Gasteiger partial charge < -0.3 is 19.9 Å². The fraction of sp³-hybridized carbons (Fsp3) is 0.357. The molecule has 2 aliphatic rings. The second-order valence-corrected chi connectivity index (χ2v) is 5.90. The molecule has 0 unspecified atom stereocenters. The molecule has 4 atom stereocenters. The zero-order valence-electron chi connectivity index (χ0n) is 11.5. The number of aliphatic carboxylic acids is 1. The summed E-state index contributed by atoms with van der Waals surface area (Å²) in [5.74, 6) is -3.85. The van der Waals surface area contributed by atoms with Gasteiger partial charge in [0.2, 0.25) is 5.91 Å². The van der Waals surface area contributed by atoms with Gasteiger partial charge in [-0.3, -0.25) is 9.59 Å². The molecule has 116 valence electrons. The third-order valence-corrected chi connectivity index (χ3v) is 4.68. The molecule has 1 aromatic heterocycles. The molecule has 7 nitrogen and oxygen atoms in total. The standard InChI is InChI=1S/C14H13NO6S/c1-20-14(19)11-6(4-5-22-11)15-12(16)9-7-2-3-8(21-7)10(9)13(17)18/h2-5,7-10H,1H3,(H,15,16)(H,17,18)/t7-,8-,9-,10-/m0/s1. The molecule has 1 amide bonds. The van der Waals surface area contributed by atoms with Crippen LogP contribution in [-0.4, -0.2) is 42.3 Å². The van der Waals surface area contributed by atoms with E-state index in [2.05, 4.69) is 10.1 Å². The first kappa shape index (κ1) is 14.7. The second kappa shape index (κ2) is 5.54. The molecule has 22 heavy (non-hydrogen) atoms. The van der Waals surface area contributed by atoms with E-state index in [0.29, 0.717) is 5.69 Å². The highest BCUT2D eigenvalue weighted by molar-refractivity contribution is 7.12. The maximum Gasteiger partial charge on any atom is 0.350 e. The van der Waals surface area contributed by atoms with Crippen molar-refractivity contribution in [3.63, 3.8) is 0 Å². The quantitative estimate of drug-likeness (QED) is 0.636. The van der Waals surface area contributed by atoms with Gasteiger partial charge in [0.1, 0.15) is 10.8 Å². The van der Waals surface area contributed by atoms with Crippen LogP contribution < -0.4 is 5.32 Å². The highest BCUT2D eigenvalue weighted by Crippen LogP contribution is 2.40. The summed E-state index contributed by atoms with van der Waals surface area (Å²) in [4.78, 5) is 35.7. The molecule has 0 spiro atoms. The fourth-order valence-electron chi connectivity index (χ4n) is 2.79. The number of carbonyl (C=O) groups excluding carboxylic acids is 2. The molecule has 0 aromatic carbocycles. The molecule has 2 N–H and O–H groups in total. The minimum absolute atomic E-state index is 0.266. The van der Waals surface area contributed by atoms with Crippen LogP contribution in [0.2, 0.25) is 0 Å². The molecule has 8 heteroatoms. The van der Waals surface area contributed by atoms with Crippen LogP contribution in [0.25, 0.3) is 0 Å². The first-order valence-corrected chi connectivity index (χ1v) is 7.44. The van der Waals surface area contributed by atoms with Gasteiger partial charge in [-0.2, -0.15) is 0 Å². The molecular weight excluding hydrogens is 310 g/mol. The van der Waals surface area contributed by atoms with Crippen LogP contribution >= 0.6 is 11.3 Å². The lowest BCUT2D eigenvalue weighted by atomic mass is 9.82. The Morgan fingerprint density at radius 3 is 2.59 bits per heavy atom. The highest BCUT2D eigenvalue weighted by atomic mass is 32.1. The summed E-state index contributed by atoms with van der Waals surface area (Å²) in [5.41, 5.74) is 0.317. The molecule has 0 saturated carbocycles. The van der Waals surface area contributed by atoms with Gasteiger partial charge in [0, 0.05) is 0 Å². The summed E-state index contributed by atoms with van der Waals surface area (Å²) in [6.07, 6.45) is 2.23. The van der Waals surface area contributed by atoms with Crippen molar-refractivity contribution in [1.29, 1.82) is 0 Å². The predicted octanol–water partition coefficient (Wildman–Crippen LogP) is 1.13. The van der Waals surface area contributed by atoms with Crippen LogP contribution in [0, 0.1) is 11.8 Å². The Morgan fingerprint density at radius 1 is 1.27 bits per heavy atom. The minimum atomic E-state index is -1.07. The molecule has 0 aliphatic carbocycles. The first-order valence-electron chi connectivity index (χ1n) is 6.56. The Kier molecular flexibility index (Phi) is 3.71. The predicted molar refractivity (Wildman–Crippen MR) is 76.7 cm³/mol. The van der Waals surface area contributed by atoms with Crippen molar-refractivity contribution in [3.8, 4) is 0 Å². The summed E-state index contributed by atoms with van der Waals surface area (Å²) in [6.45, 7) is 0. The van der Waals surface area contributed by atoms with Crippen LogP contribution in [0.1, 0.15) is 9.67 Å². The van der Waals surface area contributed by atoms with Gasteiger partial charge in [0.25, 0.3) is 0 Å². The lowest BCUT2D eigenvalue weighted by Crippen LogP contribution is -2.39. The largest absolute Gasteiger partial charge is 0.481 e. The zero-order valence-corrected chi connectivity index (χ0v) is 12.3. The third-order valence-electron chi connectivity index (χ3n) is 3.78. The van der Waals surface area contributed by atoms with Crippen molar-refractivity contribution in [2.24, 2.45) is 11.8 Å². The van der Waals surface area contributed by atoms with Gasteiger partial charge in [-0.25, -0.2) is 4.79 Å². The van der Waals surface area contributed by atoms with E-state index in [4.69, 9.17) is 4.74 Å². The number of carbonyl (C=O) groups is 3. The number of ether oxygens (including phenoxy) is 2. The first-order chi connectivity index (χ1) is 10.5. The molecule has 1 aromatic rings. The third kappa shape index (κ3) is 2.30. The Labute approximate surface area is 129 Å². The molecular formula is C14H13NO6S. The average molecular weight is 323 g/mol. The minimum Gasteiger partial charge on any atom is -0.481 e. The van der Waals surface area contributed by atoms with E-state index in [9.17, 15) is 19.5 Å². The van der Waals surface area contributed by atoms with Gasteiger partial charge in [-0.05, 0) is 11.4 Å². The number of esters is 1. The Hall–Kier alpha value is -2.19. The topological polar surface area (TPSA) is 102 Å². The van der Waals surface area contributed by atoms with E-state index in [-0.39, 0.29) is 4.88 Å². The number of nitrogens with one attached hydrogen (secondary N) is 1. The lowest BCUT2D eigenvalue weighted by molar-refractivity contribution is -0.145. The zero-order chi connectivity index (χ0) is 15.9. The molecule has 2 aliphatic heterocycles. The summed E-state index contributed by atoms with van der Waals surface area (Å²) >= 11 is 1.14. The highest BCUT2D eigenvalue weighted by Gasteiger charge is 2.53. The lowest BCUT2D eigenvalue weighted by Gasteiger charge is -2.20. The monoisotopic (exact) mass is 323 g/mol. The number of carboxylic acid groups (broad SMARTS) is 1. The number of carboxylic acids is 1. The van der Waals surface area contributed by atoms with E-state index >= 15 is 0 Å². The van der Waals surface area contributed by atoms with Gasteiger partial charge >= 0.3 is 11.9 Å². The fourth-order valence-corrected chi connectivity index (χ4v) is 3.56. The van der Waals surface area contributed by atoms with E-state index < -0.39 is 41.9 Å². The molecule has 1 fully saturated rings. The summed E-state index contributed by atoms with van der Waals surface area (Å²) < 4.78 is 10.1. The Balaban J connectivity index is 1.80. The number of fused-ring (bicyclic) bond motifs is 2. The maximum absolute atomic E-state index is 12.4. The van der Waals surface area contributed by atoms with Crippen LogP contribution in [-0.2, 0) is 19.1 Å². The van der Waals surface area contributed by atoms with Gasteiger partial charge in [-0.1, -0.05) is 12.2 Å². The summed E-state index contributed by atoms with van der Waals surface area (Å²) in [5, 5.41) is 13.6. The van der Waals surface area contributed by atoms with Gasteiger partial charge in [0.05, 0.1) is 30.9 Å². The molecule has 1 saturated heterocycles. The van der Waals surface area contributed by atoms with E-state index in [0.717, 1.165) is 11.3 Å². The Morgan fingerprint density at radius 2 is 1.95 bits per heavy atom. The van der Waals surface area contributed by atoms with Crippen molar-refractivity contribution in [3.05, 3.63) is 28.5 Å². The van der Waals surface area contributed by atoms with Crippen LogP contribution in [0.15, 0.2) is 23.6 Å². The average Bonchev–Trinajstić information content (AvgIpc) is 3.20. The van der Waals surface area contributed by atoms with Crippen molar-refractivity contribution in [2.45, 2.75) is 12.2 Å². The van der Waals surface area contributed by atoms with E-state index in [1.54, 1.807) is 23.6 Å². The van der Waals surface area contributed by atoms with Crippen molar-refractivity contribution in [2.75, 3.05) is 12.4 Å². The Bertz CT molecular complexity index is 666. The number of thiophene rings is 1. The second-order valence-electron chi connectivity index (χ2n) is 4.98. The van der Waals surface area contributed by atoms with Crippen LogP contribution in [0.4, 0.5) is 5.69 Å². The van der Waals surface area contributed by atoms with Crippen molar-refractivity contribution >= 4 is 34.9 Å². The molecule has 0 radical (unpaired) electrons. The van der Waals surface area contributed by atoms with E-state index in [1.165, 1.54) is 7.11 Å². The van der Waals surface area contributed by atoms with E-state index in [1.807, 2.05) is 0 Å². The number of amides is 1. The smallest absolute Gasteiger partial charge is 0.350 e. The number of hydrogen-bond acceptors (Lipinski definition) is 6. The summed E-state index contributed by atoms with van der Waals surface area (Å²) in [6, 6.07) is 1.58. The van der Waals surface area contributed by atoms with Gasteiger partial charge in [0.15, 0.2) is 0 Å². The molecule has 3 rings (SSSR count). The number of anilines is 1. The maximum atomic E-state index is 12.4. The SMILES string of the molecule is COC(=O)c1sccc1NC(=O)[C@@H]1[C@@H](C(=O)O)[C@@H]2C=C[C@@H]1O2. The number of rotatable bonds is 4. The molecule has 2 bridgehead atoms. The molecule has 3 heterocycles. The van der Waals surface area contributed by atoms with Gasteiger partial charge in [-0.15, -0.1) is 11.3 Å². The summed E-state index contributed by atoms with van der Waals surface area (Å²) in [7, 11) is 1.25. The van der Waals surface area contributed by atoms with Crippen LogP contribution in [0.5, 0.6) is 0 Å². The normalized spacial score (nSPS) is 28.6. The number of methoxy groups -OCH3 is 1. The van der Waals surface area contributed by atoms with Crippen LogP contribution in [0.3, 0.4) is 0 Å². The van der Waals surface area contributed by atoms with Crippen molar-refractivity contribution in [1.82, 2.24) is 0 Å². The number of hydrogen-bond donors (Lipinski definition) is 2.